The van der Waals surface area contributed by atoms with Crippen molar-refractivity contribution in [2.75, 3.05) is 23.9 Å². The fraction of sp³-hybridized carbons (Fsp3) is 0.500. The number of thioether (sulfide) groups is 1. The lowest BCUT2D eigenvalue weighted by Crippen LogP contribution is -2.05. The predicted molar refractivity (Wildman–Crippen MR) is 80.5 cm³/mol. The first-order chi connectivity index (χ1) is 9.56. The Labute approximate surface area is 121 Å². The van der Waals surface area contributed by atoms with E-state index in [1.165, 1.54) is 12.1 Å². The van der Waals surface area contributed by atoms with Gasteiger partial charge in [0.1, 0.15) is 5.69 Å². The zero-order valence-corrected chi connectivity index (χ0v) is 12.0. The standard InChI is InChI=1S/C12H17N3O4S/c1-20-8-4-2-3-7-13-11-6-5-10(14(16)17)9-12(11)15(18)19/h5-6,9,13H,2-4,7-8H2,1H3. The van der Waals surface area contributed by atoms with Crippen molar-refractivity contribution in [3.05, 3.63) is 38.4 Å². The highest BCUT2D eigenvalue weighted by atomic mass is 32.2. The highest BCUT2D eigenvalue weighted by Gasteiger charge is 2.18. The van der Waals surface area contributed by atoms with Gasteiger partial charge in [-0.25, -0.2) is 0 Å². The number of hydrogen-bond donors (Lipinski definition) is 1. The van der Waals surface area contributed by atoms with Gasteiger partial charge in [0.2, 0.25) is 0 Å². The molecule has 0 radical (unpaired) electrons. The van der Waals surface area contributed by atoms with Crippen molar-refractivity contribution in [1.29, 1.82) is 0 Å². The van der Waals surface area contributed by atoms with E-state index in [1.54, 1.807) is 11.8 Å². The average molecular weight is 299 g/mol. The van der Waals surface area contributed by atoms with Crippen molar-refractivity contribution in [2.45, 2.75) is 19.3 Å². The third kappa shape index (κ3) is 5.04. The van der Waals surface area contributed by atoms with Crippen molar-refractivity contribution in [1.82, 2.24) is 0 Å². The normalized spacial score (nSPS) is 10.2. The molecule has 0 saturated heterocycles. The Morgan fingerprint density at radius 1 is 1.15 bits per heavy atom. The molecule has 1 N–H and O–H groups in total. The smallest absolute Gasteiger partial charge is 0.299 e. The molecule has 0 aliphatic carbocycles. The zero-order chi connectivity index (χ0) is 15.0. The summed E-state index contributed by atoms with van der Waals surface area (Å²) >= 11 is 1.79. The molecule has 0 amide bonds. The van der Waals surface area contributed by atoms with Crippen LogP contribution in [0.2, 0.25) is 0 Å². The minimum atomic E-state index is -0.640. The molecule has 110 valence electrons. The van der Waals surface area contributed by atoms with Crippen molar-refractivity contribution in [3.63, 3.8) is 0 Å². The summed E-state index contributed by atoms with van der Waals surface area (Å²) in [7, 11) is 0. The molecule has 0 spiro atoms. The van der Waals surface area contributed by atoms with Crippen molar-refractivity contribution < 1.29 is 9.85 Å². The lowest BCUT2D eigenvalue weighted by molar-refractivity contribution is -0.393. The fourth-order valence-electron chi connectivity index (χ4n) is 1.71. The van der Waals surface area contributed by atoms with Gasteiger partial charge in [-0.2, -0.15) is 11.8 Å². The summed E-state index contributed by atoms with van der Waals surface area (Å²) in [6.07, 6.45) is 5.13. The number of benzene rings is 1. The van der Waals surface area contributed by atoms with Gasteiger partial charge in [0.05, 0.1) is 15.9 Å². The number of nitro benzene ring substituents is 2. The van der Waals surface area contributed by atoms with Crippen LogP contribution in [0.3, 0.4) is 0 Å². The average Bonchev–Trinajstić information content (AvgIpc) is 2.42. The number of unbranched alkanes of at least 4 members (excludes halogenated alkanes) is 2. The lowest BCUT2D eigenvalue weighted by atomic mass is 10.2. The van der Waals surface area contributed by atoms with E-state index in [0.29, 0.717) is 12.2 Å². The number of nitro groups is 2. The molecule has 0 atom stereocenters. The summed E-state index contributed by atoms with van der Waals surface area (Å²) in [5, 5.41) is 24.5. The molecule has 1 aromatic carbocycles. The van der Waals surface area contributed by atoms with Gasteiger partial charge in [-0.1, -0.05) is 6.42 Å². The fourth-order valence-corrected chi connectivity index (χ4v) is 2.20. The number of rotatable bonds is 9. The van der Waals surface area contributed by atoms with E-state index >= 15 is 0 Å². The first-order valence-electron chi connectivity index (χ1n) is 6.22. The zero-order valence-electron chi connectivity index (χ0n) is 11.2. The maximum absolute atomic E-state index is 10.9. The molecule has 0 aromatic heterocycles. The number of hydrogen-bond acceptors (Lipinski definition) is 6. The van der Waals surface area contributed by atoms with E-state index in [0.717, 1.165) is 31.1 Å². The molecule has 7 nitrogen and oxygen atoms in total. The summed E-state index contributed by atoms with van der Waals surface area (Å²) < 4.78 is 0. The summed E-state index contributed by atoms with van der Waals surface area (Å²) in [6, 6.07) is 3.64. The van der Waals surface area contributed by atoms with E-state index in [1.807, 2.05) is 0 Å². The number of nitrogens with one attached hydrogen (secondary N) is 1. The Kier molecular flexibility index (Phi) is 6.78. The van der Waals surface area contributed by atoms with Crippen molar-refractivity contribution in [2.24, 2.45) is 0 Å². The molecule has 20 heavy (non-hydrogen) atoms. The van der Waals surface area contributed by atoms with E-state index in [4.69, 9.17) is 0 Å². The largest absolute Gasteiger partial charge is 0.379 e. The summed E-state index contributed by atoms with van der Waals surface area (Å²) in [4.78, 5) is 20.3. The molecule has 1 rings (SSSR count). The van der Waals surface area contributed by atoms with E-state index in [-0.39, 0.29) is 11.4 Å². The van der Waals surface area contributed by atoms with Crippen LogP contribution in [0.25, 0.3) is 0 Å². The maximum atomic E-state index is 10.9. The SMILES string of the molecule is CSCCCCCNc1ccc([N+](=O)[O-])cc1[N+](=O)[O-]. The van der Waals surface area contributed by atoms with Gasteiger partial charge in [0.25, 0.3) is 11.4 Å². The summed E-state index contributed by atoms with van der Waals surface area (Å²) in [5.41, 5.74) is -0.212. The van der Waals surface area contributed by atoms with Gasteiger partial charge in [0.15, 0.2) is 0 Å². The lowest BCUT2D eigenvalue weighted by Gasteiger charge is -2.06. The number of nitrogens with zero attached hydrogens (tertiary/aromatic N) is 2. The van der Waals surface area contributed by atoms with Gasteiger partial charge in [-0.05, 0) is 30.9 Å². The molecular weight excluding hydrogens is 282 g/mol. The van der Waals surface area contributed by atoms with Crippen LogP contribution >= 0.6 is 11.8 Å². The highest BCUT2D eigenvalue weighted by Crippen LogP contribution is 2.28. The Morgan fingerprint density at radius 3 is 2.50 bits per heavy atom. The summed E-state index contributed by atoms with van der Waals surface area (Å²) in [6.45, 7) is 0.618. The van der Waals surface area contributed by atoms with Gasteiger partial charge >= 0.3 is 0 Å². The molecular formula is C12H17N3O4S. The van der Waals surface area contributed by atoms with E-state index in [9.17, 15) is 20.2 Å². The molecule has 0 heterocycles. The van der Waals surface area contributed by atoms with Crippen LogP contribution in [-0.4, -0.2) is 28.4 Å². The van der Waals surface area contributed by atoms with Gasteiger partial charge in [-0.15, -0.1) is 0 Å². The second kappa shape index (κ2) is 8.36. The van der Waals surface area contributed by atoms with Crippen LogP contribution in [0.15, 0.2) is 18.2 Å². The molecule has 0 aliphatic heterocycles. The Bertz CT molecular complexity index is 482. The second-order valence-corrected chi connectivity index (χ2v) is 5.18. The van der Waals surface area contributed by atoms with Crippen molar-refractivity contribution in [3.8, 4) is 0 Å². The Balaban J connectivity index is 2.60. The van der Waals surface area contributed by atoms with Crippen LogP contribution < -0.4 is 5.32 Å². The minimum Gasteiger partial charge on any atom is -0.379 e. The first-order valence-corrected chi connectivity index (χ1v) is 7.61. The monoisotopic (exact) mass is 299 g/mol. The Morgan fingerprint density at radius 2 is 1.90 bits per heavy atom. The van der Waals surface area contributed by atoms with Gasteiger partial charge in [-0.3, -0.25) is 20.2 Å². The molecule has 0 unspecified atom stereocenters. The number of anilines is 1. The minimum absolute atomic E-state index is 0.261. The Hall–Kier alpha value is -1.83. The second-order valence-electron chi connectivity index (χ2n) is 4.20. The molecule has 0 saturated carbocycles. The summed E-state index contributed by atoms with van der Waals surface area (Å²) in [5.74, 6) is 1.11. The van der Waals surface area contributed by atoms with Gasteiger partial charge < -0.3 is 5.32 Å². The maximum Gasteiger partial charge on any atom is 0.299 e. The highest BCUT2D eigenvalue weighted by molar-refractivity contribution is 7.98. The van der Waals surface area contributed by atoms with Crippen LogP contribution in [0, 0.1) is 20.2 Å². The predicted octanol–water partition coefficient (Wildman–Crippen LogP) is 3.45. The van der Waals surface area contributed by atoms with Gasteiger partial charge in [0, 0.05) is 12.6 Å². The molecule has 1 aromatic rings. The number of non-ortho nitro benzene ring substituents is 1. The molecule has 8 heteroatoms. The first kappa shape index (κ1) is 16.2. The van der Waals surface area contributed by atoms with Crippen LogP contribution in [0.4, 0.5) is 17.1 Å². The molecule has 0 fully saturated rings. The third-order valence-electron chi connectivity index (χ3n) is 2.73. The van der Waals surface area contributed by atoms with Crippen molar-refractivity contribution >= 4 is 28.8 Å². The van der Waals surface area contributed by atoms with Crippen LogP contribution in [0.5, 0.6) is 0 Å². The third-order valence-corrected chi connectivity index (χ3v) is 3.43. The van der Waals surface area contributed by atoms with E-state index in [2.05, 4.69) is 11.6 Å². The topological polar surface area (TPSA) is 98.3 Å². The molecule has 0 bridgehead atoms. The van der Waals surface area contributed by atoms with Crippen LogP contribution in [-0.2, 0) is 0 Å². The van der Waals surface area contributed by atoms with E-state index < -0.39 is 9.85 Å². The van der Waals surface area contributed by atoms with Crippen LogP contribution in [0.1, 0.15) is 19.3 Å². The quantitative estimate of drug-likeness (QED) is 0.426. The molecule has 0 aliphatic rings.